The number of aryl methyl sites for hydroxylation is 1. The Hall–Kier alpha value is -1.78. The molecule has 0 radical (unpaired) electrons. The first-order valence-electron chi connectivity index (χ1n) is 5.87. The lowest BCUT2D eigenvalue weighted by atomic mass is 10.2. The van der Waals surface area contributed by atoms with Gasteiger partial charge >= 0.3 is 0 Å². The molecule has 4 nitrogen and oxygen atoms in total. The van der Waals surface area contributed by atoms with Crippen molar-refractivity contribution in [1.29, 1.82) is 0 Å². The summed E-state index contributed by atoms with van der Waals surface area (Å²) in [4.78, 5) is 8.43. The summed E-state index contributed by atoms with van der Waals surface area (Å²) in [5.74, 6) is 0. The van der Waals surface area contributed by atoms with Crippen molar-refractivity contribution in [3.8, 4) is 5.69 Å². The van der Waals surface area contributed by atoms with Gasteiger partial charge in [0, 0.05) is 24.3 Å². The van der Waals surface area contributed by atoms with Gasteiger partial charge in [-0.2, -0.15) is 0 Å². The molecule has 0 spiro atoms. The third-order valence-corrected chi connectivity index (χ3v) is 2.87. The van der Waals surface area contributed by atoms with E-state index in [1.165, 1.54) is 5.56 Å². The first-order chi connectivity index (χ1) is 8.81. The lowest BCUT2D eigenvalue weighted by Gasteiger charge is -2.01. The number of imidazole rings is 2. The number of hydrogen-bond acceptors (Lipinski definition) is 2. The summed E-state index contributed by atoms with van der Waals surface area (Å²) in [5, 5.41) is 0. The smallest absolute Gasteiger partial charge is 0.0996 e. The van der Waals surface area contributed by atoms with E-state index in [1.54, 1.807) is 12.5 Å². The first-order valence-corrected chi connectivity index (χ1v) is 5.87. The Morgan fingerprint density at radius 2 is 1.80 bits per heavy atom. The van der Waals surface area contributed by atoms with E-state index < -0.39 is 0 Å². The van der Waals surface area contributed by atoms with Crippen molar-refractivity contribution in [3.63, 3.8) is 0 Å². The highest BCUT2D eigenvalue weighted by Crippen LogP contribution is 2.10. The first kappa shape index (κ1) is 16.3. The maximum Gasteiger partial charge on any atom is 0.0996 e. The number of nitrogens with zero attached hydrogens (tertiary/aromatic N) is 4. The van der Waals surface area contributed by atoms with Crippen LogP contribution in [0.5, 0.6) is 0 Å². The molecule has 20 heavy (non-hydrogen) atoms. The normalized spacial score (nSPS) is 9.65. The minimum absolute atomic E-state index is 0. The Bertz CT molecular complexity index is 630. The highest BCUT2D eigenvalue weighted by molar-refractivity contribution is 5.85. The minimum atomic E-state index is 0. The molecule has 2 heterocycles. The van der Waals surface area contributed by atoms with Crippen molar-refractivity contribution in [2.75, 3.05) is 0 Å². The Morgan fingerprint density at radius 1 is 1.05 bits per heavy atom. The van der Waals surface area contributed by atoms with Gasteiger partial charge in [-0.15, -0.1) is 24.8 Å². The summed E-state index contributed by atoms with van der Waals surface area (Å²) in [6.07, 6.45) is 9.40. The third kappa shape index (κ3) is 3.62. The molecule has 0 fully saturated rings. The van der Waals surface area contributed by atoms with Crippen LogP contribution in [-0.4, -0.2) is 19.1 Å². The molecule has 0 amide bonds. The molecule has 0 atom stereocenters. The fraction of sp³-hybridized carbons (Fsp3) is 0.143. The predicted molar refractivity (Wildman–Crippen MR) is 84.1 cm³/mol. The Morgan fingerprint density at radius 3 is 2.45 bits per heavy atom. The molecule has 6 heteroatoms. The van der Waals surface area contributed by atoms with Crippen LogP contribution in [0.3, 0.4) is 0 Å². The Balaban J connectivity index is 0.000001000. The standard InChI is InChI=1S/C14H14N4.2ClH/c1-12-2-4-14(5-3-12)18-9-13(16-11-18)8-17-7-6-15-10-17;;/h2-7,9-11H,8H2,1H3;2*1H. The number of rotatable bonds is 3. The zero-order valence-corrected chi connectivity index (χ0v) is 12.6. The molecule has 0 aliphatic heterocycles. The van der Waals surface area contributed by atoms with Gasteiger partial charge in [0.25, 0.3) is 0 Å². The molecule has 0 aliphatic rings. The van der Waals surface area contributed by atoms with E-state index in [0.29, 0.717) is 0 Å². The molecule has 0 saturated heterocycles. The van der Waals surface area contributed by atoms with Crippen LogP contribution in [0.2, 0.25) is 0 Å². The number of halogens is 2. The van der Waals surface area contributed by atoms with Gasteiger partial charge in [0.05, 0.1) is 24.9 Å². The maximum atomic E-state index is 4.40. The second-order valence-electron chi connectivity index (χ2n) is 4.34. The van der Waals surface area contributed by atoms with Gasteiger partial charge in [-0.3, -0.25) is 0 Å². The molecule has 106 valence electrons. The summed E-state index contributed by atoms with van der Waals surface area (Å²) >= 11 is 0. The molecule has 0 unspecified atom stereocenters. The van der Waals surface area contributed by atoms with Gasteiger partial charge in [-0.1, -0.05) is 17.7 Å². The van der Waals surface area contributed by atoms with Crippen molar-refractivity contribution in [2.24, 2.45) is 0 Å². The molecular formula is C14H16Cl2N4. The predicted octanol–water partition coefficient (Wildman–Crippen LogP) is 3.27. The fourth-order valence-corrected chi connectivity index (χ4v) is 1.87. The molecule has 0 aliphatic carbocycles. The van der Waals surface area contributed by atoms with Crippen LogP contribution in [0.25, 0.3) is 5.69 Å². The zero-order chi connectivity index (χ0) is 12.4. The molecule has 1 aromatic carbocycles. The number of aromatic nitrogens is 4. The maximum absolute atomic E-state index is 4.40. The van der Waals surface area contributed by atoms with Crippen molar-refractivity contribution < 1.29 is 0 Å². The zero-order valence-electron chi connectivity index (χ0n) is 11.0. The van der Waals surface area contributed by atoms with Crippen LogP contribution in [-0.2, 0) is 6.54 Å². The van der Waals surface area contributed by atoms with Crippen LogP contribution >= 0.6 is 24.8 Å². The summed E-state index contributed by atoms with van der Waals surface area (Å²) in [5.41, 5.74) is 3.41. The molecule has 3 aromatic rings. The van der Waals surface area contributed by atoms with Crippen LogP contribution in [0, 0.1) is 6.92 Å². The highest BCUT2D eigenvalue weighted by Gasteiger charge is 2.01. The molecular weight excluding hydrogens is 295 g/mol. The van der Waals surface area contributed by atoms with Crippen LogP contribution in [0.1, 0.15) is 11.3 Å². The van der Waals surface area contributed by atoms with E-state index in [2.05, 4.69) is 41.2 Å². The van der Waals surface area contributed by atoms with Gasteiger partial charge < -0.3 is 9.13 Å². The second-order valence-corrected chi connectivity index (χ2v) is 4.34. The summed E-state index contributed by atoms with van der Waals surface area (Å²) in [6.45, 7) is 2.83. The molecule has 3 rings (SSSR count). The average molecular weight is 311 g/mol. The summed E-state index contributed by atoms with van der Waals surface area (Å²) < 4.78 is 4.04. The van der Waals surface area contributed by atoms with Crippen LogP contribution in [0.15, 0.2) is 55.5 Å². The SMILES string of the molecule is Cc1ccc(-n2cnc(Cn3ccnc3)c2)cc1.Cl.Cl. The van der Waals surface area contributed by atoms with E-state index in [9.17, 15) is 0 Å². The fourth-order valence-electron chi connectivity index (χ4n) is 1.87. The van der Waals surface area contributed by atoms with Crippen LogP contribution in [0.4, 0.5) is 0 Å². The van der Waals surface area contributed by atoms with Crippen molar-refractivity contribution in [1.82, 2.24) is 19.1 Å². The van der Waals surface area contributed by atoms with E-state index in [1.807, 2.05) is 27.9 Å². The van der Waals surface area contributed by atoms with E-state index in [0.717, 1.165) is 17.9 Å². The van der Waals surface area contributed by atoms with Gasteiger partial charge in [0.15, 0.2) is 0 Å². The van der Waals surface area contributed by atoms with Gasteiger partial charge in [-0.25, -0.2) is 9.97 Å². The molecule has 0 bridgehead atoms. The highest BCUT2D eigenvalue weighted by atomic mass is 35.5. The number of benzene rings is 1. The molecule has 2 aromatic heterocycles. The lowest BCUT2D eigenvalue weighted by Crippen LogP contribution is -1.96. The van der Waals surface area contributed by atoms with E-state index in [-0.39, 0.29) is 24.8 Å². The van der Waals surface area contributed by atoms with Crippen molar-refractivity contribution in [2.45, 2.75) is 13.5 Å². The van der Waals surface area contributed by atoms with E-state index in [4.69, 9.17) is 0 Å². The van der Waals surface area contributed by atoms with Crippen molar-refractivity contribution in [3.05, 3.63) is 66.8 Å². The largest absolute Gasteiger partial charge is 0.331 e. The summed E-state index contributed by atoms with van der Waals surface area (Å²) in [6, 6.07) is 8.39. The Labute approximate surface area is 130 Å². The minimum Gasteiger partial charge on any atom is -0.331 e. The van der Waals surface area contributed by atoms with E-state index >= 15 is 0 Å². The monoisotopic (exact) mass is 310 g/mol. The second kappa shape index (κ2) is 7.12. The average Bonchev–Trinajstić information content (AvgIpc) is 3.02. The Kier molecular flexibility index (Phi) is 5.80. The number of hydrogen-bond donors (Lipinski definition) is 0. The van der Waals surface area contributed by atoms with Gasteiger partial charge in [0.1, 0.15) is 0 Å². The van der Waals surface area contributed by atoms with Gasteiger partial charge in [0.2, 0.25) is 0 Å². The topological polar surface area (TPSA) is 35.6 Å². The molecule has 0 N–H and O–H groups in total. The summed E-state index contributed by atoms with van der Waals surface area (Å²) in [7, 11) is 0. The van der Waals surface area contributed by atoms with Gasteiger partial charge in [-0.05, 0) is 19.1 Å². The third-order valence-electron chi connectivity index (χ3n) is 2.87. The lowest BCUT2D eigenvalue weighted by molar-refractivity contribution is 0.778. The van der Waals surface area contributed by atoms with Crippen molar-refractivity contribution >= 4 is 24.8 Å². The molecule has 0 saturated carbocycles. The quantitative estimate of drug-likeness (QED) is 0.744. The van der Waals surface area contributed by atoms with Crippen LogP contribution < -0.4 is 0 Å².